The lowest BCUT2D eigenvalue weighted by molar-refractivity contribution is -0.0512. The third-order valence-corrected chi connectivity index (χ3v) is 4.83. The Kier molecular flexibility index (Phi) is 6.87. The van der Waals surface area contributed by atoms with E-state index in [-0.39, 0.29) is 17.4 Å². The molecule has 1 amide bonds. The van der Waals surface area contributed by atoms with E-state index in [9.17, 15) is 13.6 Å². The molecule has 1 aliphatic heterocycles. The number of piperazine rings is 1. The van der Waals surface area contributed by atoms with Crippen LogP contribution in [0.5, 0.6) is 17.2 Å². The molecule has 0 unspecified atom stereocenters. The quantitative estimate of drug-likeness (QED) is 0.707. The minimum absolute atomic E-state index is 0.0952. The van der Waals surface area contributed by atoms with Crippen LogP contribution >= 0.6 is 0 Å². The number of carbonyl (C=O) groups is 1. The van der Waals surface area contributed by atoms with Crippen LogP contribution in [0.2, 0.25) is 0 Å². The monoisotopic (exact) mass is 406 g/mol. The largest absolute Gasteiger partial charge is 0.497 e. The average molecular weight is 406 g/mol. The highest BCUT2D eigenvalue weighted by atomic mass is 19.3. The Labute approximate surface area is 168 Å². The lowest BCUT2D eigenvalue weighted by Crippen LogP contribution is -2.48. The molecule has 0 bridgehead atoms. The Hall–Kier alpha value is -2.87. The highest BCUT2D eigenvalue weighted by Gasteiger charge is 2.23. The molecule has 1 fully saturated rings. The van der Waals surface area contributed by atoms with Gasteiger partial charge in [-0.2, -0.15) is 8.78 Å². The topological polar surface area (TPSA) is 51.2 Å². The van der Waals surface area contributed by atoms with Crippen molar-refractivity contribution in [2.24, 2.45) is 0 Å². The number of ether oxygens (including phenoxy) is 3. The van der Waals surface area contributed by atoms with Gasteiger partial charge in [-0.15, -0.1) is 0 Å². The highest BCUT2D eigenvalue weighted by Crippen LogP contribution is 2.30. The van der Waals surface area contributed by atoms with Gasteiger partial charge in [0.2, 0.25) is 0 Å². The van der Waals surface area contributed by atoms with E-state index < -0.39 is 6.61 Å². The molecule has 0 N–H and O–H groups in total. The van der Waals surface area contributed by atoms with Crippen molar-refractivity contribution >= 4 is 5.91 Å². The summed E-state index contributed by atoms with van der Waals surface area (Å²) in [4.78, 5) is 16.8. The fraction of sp³-hybridized carbons (Fsp3) is 0.381. The molecule has 2 aromatic carbocycles. The number of methoxy groups -OCH3 is 2. The maximum atomic E-state index is 12.8. The number of nitrogens with zero attached hydrogens (tertiary/aromatic N) is 2. The number of hydrogen-bond donors (Lipinski definition) is 0. The van der Waals surface area contributed by atoms with Crippen molar-refractivity contribution in [1.29, 1.82) is 0 Å². The van der Waals surface area contributed by atoms with Crippen molar-refractivity contribution in [2.75, 3.05) is 40.4 Å². The van der Waals surface area contributed by atoms with Gasteiger partial charge in [-0.05, 0) is 35.9 Å². The molecule has 29 heavy (non-hydrogen) atoms. The van der Waals surface area contributed by atoms with Gasteiger partial charge < -0.3 is 19.1 Å². The van der Waals surface area contributed by atoms with Crippen LogP contribution in [-0.4, -0.2) is 62.7 Å². The second-order valence-corrected chi connectivity index (χ2v) is 6.66. The van der Waals surface area contributed by atoms with Crippen LogP contribution in [0.4, 0.5) is 8.78 Å². The molecule has 0 saturated carbocycles. The number of benzene rings is 2. The van der Waals surface area contributed by atoms with Crippen molar-refractivity contribution in [3.8, 4) is 17.2 Å². The van der Waals surface area contributed by atoms with Crippen molar-refractivity contribution in [1.82, 2.24) is 9.80 Å². The summed E-state index contributed by atoms with van der Waals surface area (Å²) in [5, 5.41) is 0. The van der Waals surface area contributed by atoms with Crippen molar-refractivity contribution < 1.29 is 27.8 Å². The van der Waals surface area contributed by atoms with Gasteiger partial charge in [0.05, 0.1) is 14.2 Å². The van der Waals surface area contributed by atoms with Gasteiger partial charge in [0, 0.05) is 38.3 Å². The standard InChI is InChI=1S/C21H24F2N2O4/c1-27-17-5-3-4-15(12-17)14-24-8-10-25(11-9-24)20(26)16-6-7-18(29-21(22)23)19(13-16)28-2/h3-7,12-13,21H,8-11,14H2,1-2H3. The summed E-state index contributed by atoms with van der Waals surface area (Å²) in [5.41, 5.74) is 1.54. The summed E-state index contributed by atoms with van der Waals surface area (Å²) < 4.78 is 39.7. The Morgan fingerprint density at radius 1 is 1.00 bits per heavy atom. The van der Waals surface area contributed by atoms with E-state index in [4.69, 9.17) is 9.47 Å². The third kappa shape index (κ3) is 5.35. The first-order valence-electron chi connectivity index (χ1n) is 9.27. The van der Waals surface area contributed by atoms with Crippen LogP contribution in [0.3, 0.4) is 0 Å². The van der Waals surface area contributed by atoms with Gasteiger partial charge in [0.25, 0.3) is 5.91 Å². The Morgan fingerprint density at radius 3 is 2.41 bits per heavy atom. The van der Waals surface area contributed by atoms with E-state index in [2.05, 4.69) is 15.7 Å². The fourth-order valence-electron chi connectivity index (χ4n) is 3.31. The fourth-order valence-corrected chi connectivity index (χ4v) is 3.31. The number of rotatable bonds is 7. The van der Waals surface area contributed by atoms with Crippen LogP contribution in [0.1, 0.15) is 15.9 Å². The molecule has 8 heteroatoms. The summed E-state index contributed by atoms with van der Waals surface area (Å²) in [5.74, 6) is 0.674. The van der Waals surface area contributed by atoms with Crippen LogP contribution in [-0.2, 0) is 6.54 Å². The zero-order valence-electron chi connectivity index (χ0n) is 16.4. The molecule has 2 aromatic rings. The van der Waals surface area contributed by atoms with Crippen LogP contribution in [0, 0.1) is 0 Å². The second-order valence-electron chi connectivity index (χ2n) is 6.66. The molecule has 0 aromatic heterocycles. The predicted octanol–water partition coefficient (Wildman–Crippen LogP) is 3.26. The molecule has 0 atom stereocenters. The second kappa shape index (κ2) is 9.56. The number of alkyl halides is 2. The summed E-state index contributed by atoms with van der Waals surface area (Å²) in [6.07, 6.45) is 0. The predicted molar refractivity (Wildman–Crippen MR) is 104 cm³/mol. The van der Waals surface area contributed by atoms with Gasteiger partial charge in [-0.1, -0.05) is 12.1 Å². The smallest absolute Gasteiger partial charge is 0.387 e. The number of carbonyl (C=O) groups excluding carboxylic acids is 1. The van der Waals surface area contributed by atoms with Crippen LogP contribution in [0.25, 0.3) is 0 Å². The zero-order chi connectivity index (χ0) is 20.8. The van der Waals surface area contributed by atoms with E-state index in [0.717, 1.165) is 30.9 Å². The first kappa shape index (κ1) is 20.9. The van der Waals surface area contributed by atoms with E-state index >= 15 is 0 Å². The van der Waals surface area contributed by atoms with E-state index in [0.29, 0.717) is 18.7 Å². The third-order valence-electron chi connectivity index (χ3n) is 4.83. The van der Waals surface area contributed by atoms with Gasteiger partial charge in [-0.25, -0.2) is 0 Å². The lowest BCUT2D eigenvalue weighted by atomic mass is 10.1. The zero-order valence-corrected chi connectivity index (χ0v) is 16.4. The molecule has 1 heterocycles. The normalized spacial score (nSPS) is 14.7. The highest BCUT2D eigenvalue weighted by molar-refractivity contribution is 5.95. The number of halogens is 2. The Morgan fingerprint density at radius 2 is 1.76 bits per heavy atom. The molecule has 0 aliphatic carbocycles. The molecule has 6 nitrogen and oxygen atoms in total. The van der Waals surface area contributed by atoms with Gasteiger partial charge in [0.1, 0.15) is 5.75 Å². The summed E-state index contributed by atoms with van der Waals surface area (Å²) >= 11 is 0. The molecule has 156 valence electrons. The minimum Gasteiger partial charge on any atom is -0.497 e. The molecule has 1 aliphatic rings. The molecule has 0 radical (unpaired) electrons. The van der Waals surface area contributed by atoms with Crippen LogP contribution in [0.15, 0.2) is 42.5 Å². The van der Waals surface area contributed by atoms with E-state index in [1.807, 2.05) is 18.2 Å². The first-order chi connectivity index (χ1) is 14.0. The molecular weight excluding hydrogens is 382 g/mol. The average Bonchev–Trinajstić information content (AvgIpc) is 2.74. The molecular formula is C21H24F2N2O4. The first-order valence-corrected chi connectivity index (χ1v) is 9.27. The summed E-state index contributed by atoms with van der Waals surface area (Å²) in [7, 11) is 2.99. The molecule has 1 saturated heterocycles. The maximum absolute atomic E-state index is 12.8. The van der Waals surface area contributed by atoms with Crippen LogP contribution < -0.4 is 14.2 Å². The Bertz CT molecular complexity index is 839. The SMILES string of the molecule is COc1cccc(CN2CCN(C(=O)c3ccc(OC(F)F)c(OC)c3)CC2)c1. The van der Waals surface area contributed by atoms with Crippen molar-refractivity contribution in [2.45, 2.75) is 13.2 Å². The number of hydrogen-bond acceptors (Lipinski definition) is 5. The van der Waals surface area contributed by atoms with Gasteiger partial charge >= 0.3 is 6.61 Å². The maximum Gasteiger partial charge on any atom is 0.387 e. The van der Waals surface area contributed by atoms with Crippen molar-refractivity contribution in [3.05, 3.63) is 53.6 Å². The lowest BCUT2D eigenvalue weighted by Gasteiger charge is -2.35. The Balaban J connectivity index is 1.59. The minimum atomic E-state index is -2.96. The van der Waals surface area contributed by atoms with Crippen molar-refractivity contribution in [3.63, 3.8) is 0 Å². The number of amides is 1. The van der Waals surface area contributed by atoms with E-state index in [1.165, 1.54) is 25.3 Å². The van der Waals surface area contributed by atoms with E-state index in [1.54, 1.807) is 12.0 Å². The molecule has 0 spiro atoms. The molecule has 3 rings (SSSR count). The summed E-state index contributed by atoms with van der Waals surface area (Å²) in [6, 6.07) is 12.2. The van der Waals surface area contributed by atoms with Gasteiger partial charge in [0.15, 0.2) is 11.5 Å². The van der Waals surface area contributed by atoms with Gasteiger partial charge in [-0.3, -0.25) is 9.69 Å². The summed E-state index contributed by atoms with van der Waals surface area (Å²) in [6.45, 7) is 0.482.